The van der Waals surface area contributed by atoms with Gasteiger partial charge in [0, 0.05) is 12.5 Å². The lowest BCUT2D eigenvalue weighted by molar-refractivity contribution is -0.125. The van der Waals surface area contributed by atoms with E-state index in [4.69, 9.17) is 0 Å². The summed E-state index contributed by atoms with van der Waals surface area (Å²) >= 11 is 0. The van der Waals surface area contributed by atoms with Crippen LogP contribution in [0, 0.1) is 11.8 Å². The Hall–Kier alpha value is -1.35. The number of rotatable bonds is 5. The van der Waals surface area contributed by atoms with Crippen LogP contribution >= 0.6 is 0 Å². The van der Waals surface area contributed by atoms with Crippen molar-refractivity contribution in [2.24, 2.45) is 11.8 Å². The van der Waals surface area contributed by atoms with Crippen LogP contribution in [0.2, 0.25) is 0 Å². The maximum Gasteiger partial charge on any atom is 0.223 e. The van der Waals surface area contributed by atoms with Crippen LogP contribution in [0.25, 0.3) is 0 Å². The highest BCUT2D eigenvalue weighted by Crippen LogP contribution is 2.13. The average molecular weight is 274 g/mol. The van der Waals surface area contributed by atoms with E-state index in [1.165, 1.54) is 11.1 Å². The molecule has 0 aromatic heterocycles. The summed E-state index contributed by atoms with van der Waals surface area (Å²) in [5.41, 5.74) is 2.55. The monoisotopic (exact) mass is 274 g/mol. The lowest BCUT2D eigenvalue weighted by Gasteiger charge is -2.21. The van der Waals surface area contributed by atoms with Crippen LogP contribution in [-0.4, -0.2) is 19.0 Å². The Balaban J connectivity index is 1.79. The summed E-state index contributed by atoms with van der Waals surface area (Å²) in [6.45, 7) is 7.02. The molecule has 1 heterocycles. The van der Waals surface area contributed by atoms with E-state index < -0.39 is 0 Å². The predicted octanol–water partition coefficient (Wildman–Crippen LogP) is 2.50. The number of amides is 1. The Morgan fingerprint density at radius 1 is 1.20 bits per heavy atom. The number of piperidine rings is 1. The van der Waals surface area contributed by atoms with Gasteiger partial charge in [-0.15, -0.1) is 0 Å². The second kappa shape index (κ2) is 7.44. The van der Waals surface area contributed by atoms with Crippen molar-refractivity contribution in [3.63, 3.8) is 0 Å². The Morgan fingerprint density at radius 2 is 1.80 bits per heavy atom. The van der Waals surface area contributed by atoms with E-state index in [0.717, 1.165) is 32.4 Å². The number of hydrogen-bond donors (Lipinski definition) is 2. The van der Waals surface area contributed by atoms with Crippen LogP contribution in [0.1, 0.15) is 37.8 Å². The molecule has 110 valence electrons. The van der Waals surface area contributed by atoms with Gasteiger partial charge in [0.05, 0.1) is 0 Å². The van der Waals surface area contributed by atoms with E-state index in [9.17, 15) is 4.79 Å². The fourth-order valence-corrected chi connectivity index (χ4v) is 2.68. The van der Waals surface area contributed by atoms with Gasteiger partial charge in [0.2, 0.25) is 5.91 Å². The molecule has 0 atom stereocenters. The average Bonchev–Trinajstić information content (AvgIpc) is 2.46. The van der Waals surface area contributed by atoms with Crippen molar-refractivity contribution in [2.45, 2.75) is 39.7 Å². The first-order valence-corrected chi connectivity index (χ1v) is 7.71. The molecule has 3 heteroatoms. The summed E-state index contributed by atoms with van der Waals surface area (Å²) in [6.07, 6.45) is 3.03. The molecular formula is C17H26N2O. The van der Waals surface area contributed by atoms with Gasteiger partial charge >= 0.3 is 0 Å². The highest BCUT2D eigenvalue weighted by molar-refractivity contribution is 5.78. The second-order valence-electron chi connectivity index (χ2n) is 6.16. The number of carbonyl (C=O) groups excluding carboxylic acids is 1. The Kier molecular flexibility index (Phi) is 5.60. The van der Waals surface area contributed by atoms with Crippen LogP contribution in [0.3, 0.4) is 0 Å². The minimum absolute atomic E-state index is 0.191. The van der Waals surface area contributed by atoms with Crippen molar-refractivity contribution in [1.29, 1.82) is 0 Å². The minimum atomic E-state index is 0.191. The molecule has 1 aliphatic heterocycles. The molecule has 1 fully saturated rings. The molecule has 0 radical (unpaired) electrons. The summed E-state index contributed by atoms with van der Waals surface area (Å²) in [7, 11) is 0. The van der Waals surface area contributed by atoms with E-state index in [1.807, 2.05) is 0 Å². The van der Waals surface area contributed by atoms with Gasteiger partial charge < -0.3 is 10.6 Å². The maximum absolute atomic E-state index is 12.0. The number of benzene rings is 1. The smallest absolute Gasteiger partial charge is 0.223 e. The van der Waals surface area contributed by atoms with E-state index >= 15 is 0 Å². The third kappa shape index (κ3) is 4.64. The van der Waals surface area contributed by atoms with Crippen molar-refractivity contribution in [3.05, 3.63) is 35.4 Å². The van der Waals surface area contributed by atoms with Gasteiger partial charge in [0.25, 0.3) is 0 Å². The highest BCUT2D eigenvalue weighted by atomic mass is 16.1. The summed E-state index contributed by atoms with van der Waals surface area (Å²) < 4.78 is 0. The van der Waals surface area contributed by atoms with E-state index in [2.05, 4.69) is 48.7 Å². The van der Waals surface area contributed by atoms with Crippen molar-refractivity contribution in [2.75, 3.05) is 13.1 Å². The first-order valence-electron chi connectivity index (χ1n) is 7.71. The van der Waals surface area contributed by atoms with Crippen LogP contribution < -0.4 is 10.6 Å². The molecule has 0 aliphatic carbocycles. The molecule has 1 aliphatic rings. The van der Waals surface area contributed by atoms with Gasteiger partial charge in [-0.2, -0.15) is 0 Å². The first kappa shape index (κ1) is 15.0. The van der Waals surface area contributed by atoms with Crippen molar-refractivity contribution in [3.8, 4) is 0 Å². The molecule has 0 saturated carbocycles. The summed E-state index contributed by atoms with van der Waals surface area (Å²) in [4.78, 5) is 12.0. The number of carbonyl (C=O) groups is 1. The van der Waals surface area contributed by atoms with Crippen LogP contribution in [0.5, 0.6) is 0 Å². The fourth-order valence-electron chi connectivity index (χ4n) is 2.68. The Bertz CT molecular complexity index is 419. The maximum atomic E-state index is 12.0. The first-order chi connectivity index (χ1) is 9.65. The van der Waals surface area contributed by atoms with Crippen LogP contribution in [0.15, 0.2) is 24.3 Å². The zero-order valence-corrected chi connectivity index (χ0v) is 12.6. The molecule has 3 nitrogen and oxygen atoms in total. The standard InChI is InChI=1S/C17H26N2O/c1-13(2)11-14-3-5-15(6-4-14)12-19-17(20)16-7-9-18-10-8-16/h3-6,13,16,18H,7-12H2,1-2H3,(H,19,20). The molecule has 20 heavy (non-hydrogen) atoms. The molecule has 0 unspecified atom stereocenters. The summed E-state index contributed by atoms with van der Waals surface area (Å²) in [5.74, 6) is 1.08. The second-order valence-corrected chi connectivity index (χ2v) is 6.16. The molecule has 0 spiro atoms. The third-order valence-electron chi connectivity index (χ3n) is 3.84. The van der Waals surface area contributed by atoms with E-state index in [0.29, 0.717) is 12.5 Å². The van der Waals surface area contributed by atoms with E-state index in [1.54, 1.807) is 0 Å². The largest absolute Gasteiger partial charge is 0.352 e. The van der Waals surface area contributed by atoms with Gasteiger partial charge in [-0.3, -0.25) is 4.79 Å². The summed E-state index contributed by atoms with van der Waals surface area (Å²) in [5, 5.41) is 6.35. The van der Waals surface area contributed by atoms with Gasteiger partial charge in [-0.25, -0.2) is 0 Å². The molecule has 1 saturated heterocycles. The highest BCUT2D eigenvalue weighted by Gasteiger charge is 2.20. The number of hydrogen-bond acceptors (Lipinski definition) is 2. The van der Waals surface area contributed by atoms with Gasteiger partial charge in [-0.1, -0.05) is 38.1 Å². The SMILES string of the molecule is CC(C)Cc1ccc(CNC(=O)C2CCNCC2)cc1. The Morgan fingerprint density at radius 3 is 2.40 bits per heavy atom. The van der Waals surface area contributed by atoms with Gasteiger partial charge in [-0.05, 0) is 49.4 Å². The minimum Gasteiger partial charge on any atom is -0.352 e. The molecular weight excluding hydrogens is 248 g/mol. The molecule has 1 amide bonds. The van der Waals surface area contributed by atoms with E-state index in [-0.39, 0.29) is 11.8 Å². The van der Waals surface area contributed by atoms with Crippen molar-refractivity contribution < 1.29 is 4.79 Å². The molecule has 0 bridgehead atoms. The normalized spacial score (nSPS) is 16.4. The zero-order valence-electron chi connectivity index (χ0n) is 12.6. The number of nitrogens with one attached hydrogen (secondary N) is 2. The van der Waals surface area contributed by atoms with Crippen LogP contribution in [-0.2, 0) is 17.8 Å². The van der Waals surface area contributed by atoms with Crippen LogP contribution in [0.4, 0.5) is 0 Å². The van der Waals surface area contributed by atoms with Crippen molar-refractivity contribution >= 4 is 5.91 Å². The fraction of sp³-hybridized carbons (Fsp3) is 0.588. The quantitative estimate of drug-likeness (QED) is 0.866. The molecule has 2 N–H and O–H groups in total. The lowest BCUT2D eigenvalue weighted by Crippen LogP contribution is -2.37. The third-order valence-corrected chi connectivity index (χ3v) is 3.84. The summed E-state index contributed by atoms with van der Waals surface area (Å²) in [6, 6.07) is 8.60. The topological polar surface area (TPSA) is 41.1 Å². The zero-order chi connectivity index (χ0) is 14.4. The van der Waals surface area contributed by atoms with Crippen molar-refractivity contribution in [1.82, 2.24) is 10.6 Å². The molecule has 1 aromatic carbocycles. The van der Waals surface area contributed by atoms with Gasteiger partial charge in [0.15, 0.2) is 0 Å². The lowest BCUT2D eigenvalue weighted by atomic mass is 9.97. The van der Waals surface area contributed by atoms with Gasteiger partial charge in [0.1, 0.15) is 0 Å². The predicted molar refractivity (Wildman–Crippen MR) is 82.4 cm³/mol. The molecule has 1 aromatic rings. The Labute approximate surface area is 122 Å². The molecule has 2 rings (SSSR count).